The van der Waals surface area contributed by atoms with Gasteiger partial charge in [0.1, 0.15) is 6.29 Å². The Morgan fingerprint density at radius 2 is 2.50 bits per heavy atom. The fourth-order valence-electron chi connectivity index (χ4n) is 1.29. The van der Waals surface area contributed by atoms with Crippen molar-refractivity contribution >= 4 is 12.4 Å². The Hall–Kier alpha value is -1.32. The highest BCUT2D eigenvalue weighted by Crippen LogP contribution is 2.08. The number of carbonyl (C=O) groups is 2. The molecule has 0 aliphatic carbocycles. The molecule has 0 aromatic rings. The largest absolute Gasteiger partial charge is 0.449 e. The molecule has 0 saturated heterocycles. The Labute approximate surface area is 83.5 Å². The van der Waals surface area contributed by atoms with Gasteiger partial charge in [0.2, 0.25) is 0 Å². The Morgan fingerprint density at radius 3 is 3.14 bits per heavy atom. The van der Waals surface area contributed by atoms with Crippen LogP contribution >= 0.6 is 0 Å². The molecular weight excluding hydrogens is 182 g/mol. The molecule has 1 heterocycles. The first-order valence-electron chi connectivity index (χ1n) is 4.83. The first-order valence-corrected chi connectivity index (χ1v) is 4.83. The number of ether oxygens (including phenoxy) is 1. The molecule has 0 unspecified atom stereocenters. The van der Waals surface area contributed by atoms with Crippen molar-refractivity contribution < 1.29 is 14.3 Å². The van der Waals surface area contributed by atoms with Crippen molar-refractivity contribution in [2.75, 3.05) is 19.7 Å². The van der Waals surface area contributed by atoms with Gasteiger partial charge in [-0.2, -0.15) is 0 Å². The molecule has 4 nitrogen and oxygen atoms in total. The minimum Gasteiger partial charge on any atom is -0.449 e. The Bertz CT molecular complexity index is 248. The van der Waals surface area contributed by atoms with E-state index in [0.717, 1.165) is 19.1 Å². The second-order valence-corrected chi connectivity index (χ2v) is 3.22. The molecule has 0 spiro atoms. The van der Waals surface area contributed by atoms with Crippen molar-refractivity contribution in [1.29, 1.82) is 0 Å². The van der Waals surface area contributed by atoms with Crippen LogP contribution in [0.15, 0.2) is 11.6 Å². The number of amides is 1. The second-order valence-electron chi connectivity index (χ2n) is 3.22. The van der Waals surface area contributed by atoms with Crippen molar-refractivity contribution in [3.8, 4) is 0 Å². The fourth-order valence-corrected chi connectivity index (χ4v) is 1.29. The highest BCUT2D eigenvalue weighted by atomic mass is 16.6. The lowest BCUT2D eigenvalue weighted by Gasteiger charge is -2.24. The van der Waals surface area contributed by atoms with Gasteiger partial charge in [-0.05, 0) is 12.8 Å². The number of aldehydes is 1. The summed E-state index contributed by atoms with van der Waals surface area (Å²) in [5.41, 5.74) is 0.657. The van der Waals surface area contributed by atoms with Gasteiger partial charge in [0.05, 0.1) is 13.2 Å². The number of hydrogen-bond donors (Lipinski definition) is 0. The van der Waals surface area contributed by atoms with Gasteiger partial charge in [-0.25, -0.2) is 4.79 Å². The highest BCUT2D eigenvalue weighted by Gasteiger charge is 2.18. The van der Waals surface area contributed by atoms with Crippen LogP contribution in [-0.2, 0) is 9.53 Å². The zero-order chi connectivity index (χ0) is 10.4. The van der Waals surface area contributed by atoms with E-state index in [-0.39, 0.29) is 6.09 Å². The molecule has 0 atom stereocenters. The summed E-state index contributed by atoms with van der Waals surface area (Å²) in [4.78, 5) is 23.4. The van der Waals surface area contributed by atoms with Crippen LogP contribution in [0.1, 0.15) is 19.8 Å². The second kappa shape index (κ2) is 5.42. The van der Waals surface area contributed by atoms with Gasteiger partial charge in [-0.1, -0.05) is 13.0 Å². The van der Waals surface area contributed by atoms with E-state index in [4.69, 9.17) is 4.74 Å². The Morgan fingerprint density at radius 1 is 1.71 bits per heavy atom. The van der Waals surface area contributed by atoms with Gasteiger partial charge in [-0.3, -0.25) is 4.79 Å². The SMILES string of the molecule is CCCOC(=O)N1CCC=C(C=O)C1. The van der Waals surface area contributed by atoms with E-state index in [1.54, 1.807) is 4.90 Å². The van der Waals surface area contributed by atoms with Crippen molar-refractivity contribution in [1.82, 2.24) is 4.90 Å². The third kappa shape index (κ3) is 2.87. The molecule has 0 N–H and O–H groups in total. The summed E-state index contributed by atoms with van der Waals surface area (Å²) in [6.07, 6.45) is 3.88. The summed E-state index contributed by atoms with van der Waals surface area (Å²) in [6, 6.07) is 0. The summed E-state index contributed by atoms with van der Waals surface area (Å²) in [5.74, 6) is 0. The maximum Gasteiger partial charge on any atom is 0.410 e. The molecule has 0 fully saturated rings. The molecule has 0 aromatic heterocycles. The standard InChI is InChI=1S/C10H15NO3/c1-2-6-14-10(13)11-5-3-4-9(7-11)8-12/h4,8H,2-3,5-7H2,1H3. The van der Waals surface area contributed by atoms with Crippen LogP contribution in [0.25, 0.3) is 0 Å². The third-order valence-corrected chi connectivity index (χ3v) is 2.02. The van der Waals surface area contributed by atoms with Gasteiger partial charge in [0.25, 0.3) is 0 Å². The quantitative estimate of drug-likeness (QED) is 0.642. The molecule has 0 radical (unpaired) electrons. The van der Waals surface area contributed by atoms with Crippen molar-refractivity contribution in [2.24, 2.45) is 0 Å². The summed E-state index contributed by atoms with van der Waals surface area (Å²) in [5, 5.41) is 0. The average Bonchev–Trinajstić information content (AvgIpc) is 2.26. The third-order valence-electron chi connectivity index (χ3n) is 2.02. The van der Waals surface area contributed by atoms with Gasteiger partial charge < -0.3 is 9.64 Å². The summed E-state index contributed by atoms with van der Waals surface area (Å²) < 4.78 is 4.97. The number of nitrogens with zero attached hydrogens (tertiary/aromatic N) is 1. The molecule has 1 aliphatic rings. The normalized spacial score (nSPS) is 16.1. The van der Waals surface area contributed by atoms with Crippen molar-refractivity contribution in [3.63, 3.8) is 0 Å². The average molecular weight is 197 g/mol. The van der Waals surface area contributed by atoms with E-state index in [1.807, 2.05) is 13.0 Å². The van der Waals surface area contributed by atoms with Crippen LogP contribution in [-0.4, -0.2) is 37.0 Å². The first-order chi connectivity index (χ1) is 6.77. The summed E-state index contributed by atoms with van der Waals surface area (Å²) in [7, 11) is 0. The minimum absolute atomic E-state index is 0.320. The molecule has 0 aromatic carbocycles. The van der Waals surface area contributed by atoms with E-state index in [1.165, 1.54) is 0 Å². The maximum atomic E-state index is 11.4. The number of carbonyl (C=O) groups excluding carboxylic acids is 2. The molecule has 1 rings (SSSR count). The van der Waals surface area contributed by atoms with Crippen molar-refractivity contribution in [2.45, 2.75) is 19.8 Å². The van der Waals surface area contributed by atoms with Gasteiger partial charge >= 0.3 is 6.09 Å². The van der Waals surface area contributed by atoms with E-state index >= 15 is 0 Å². The molecular formula is C10H15NO3. The van der Waals surface area contributed by atoms with Crippen LogP contribution in [0.3, 0.4) is 0 Å². The monoisotopic (exact) mass is 197 g/mol. The highest BCUT2D eigenvalue weighted by molar-refractivity contribution is 5.77. The maximum absolute atomic E-state index is 11.4. The van der Waals surface area contributed by atoms with E-state index < -0.39 is 0 Å². The predicted octanol–water partition coefficient (Wildman–Crippen LogP) is 1.36. The van der Waals surface area contributed by atoms with Gasteiger partial charge in [0.15, 0.2) is 0 Å². The van der Waals surface area contributed by atoms with Crippen LogP contribution in [0.4, 0.5) is 4.79 Å². The smallest absolute Gasteiger partial charge is 0.410 e. The van der Waals surface area contributed by atoms with Crippen molar-refractivity contribution in [3.05, 3.63) is 11.6 Å². The lowest BCUT2D eigenvalue weighted by molar-refractivity contribution is -0.105. The lowest BCUT2D eigenvalue weighted by atomic mass is 10.1. The van der Waals surface area contributed by atoms with Crippen LogP contribution < -0.4 is 0 Å². The summed E-state index contributed by atoms with van der Waals surface area (Å²) in [6.45, 7) is 3.40. The summed E-state index contributed by atoms with van der Waals surface area (Å²) >= 11 is 0. The molecule has 0 bridgehead atoms. The zero-order valence-electron chi connectivity index (χ0n) is 8.36. The molecule has 0 saturated carbocycles. The van der Waals surface area contributed by atoms with Crippen LogP contribution in [0.5, 0.6) is 0 Å². The molecule has 4 heteroatoms. The predicted molar refractivity (Wildman–Crippen MR) is 52.0 cm³/mol. The minimum atomic E-state index is -0.320. The lowest BCUT2D eigenvalue weighted by Crippen LogP contribution is -2.36. The number of hydrogen-bond acceptors (Lipinski definition) is 3. The van der Waals surface area contributed by atoms with E-state index in [2.05, 4.69) is 0 Å². The van der Waals surface area contributed by atoms with E-state index in [9.17, 15) is 9.59 Å². The molecule has 78 valence electrons. The van der Waals surface area contributed by atoms with Crippen LogP contribution in [0.2, 0.25) is 0 Å². The topological polar surface area (TPSA) is 46.6 Å². The Balaban J connectivity index is 2.42. The van der Waals surface area contributed by atoms with E-state index in [0.29, 0.717) is 25.3 Å². The van der Waals surface area contributed by atoms with Gasteiger partial charge in [-0.15, -0.1) is 0 Å². The molecule has 1 aliphatic heterocycles. The zero-order valence-corrected chi connectivity index (χ0v) is 8.36. The molecule has 1 amide bonds. The van der Waals surface area contributed by atoms with Crippen LogP contribution in [0, 0.1) is 0 Å². The first kappa shape index (κ1) is 10.8. The number of rotatable bonds is 3. The Kier molecular flexibility index (Phi) is 4.16. The van der Waals surface area contributed by atoms with Gasteiger partial charge in [0, 0.05) is 12.1 Å². The molecule has 14 heavy (non-hydrogen) atoms. The fraction of sp³-hybridized carbons (Fsp3) is 0.600.